The minimum Gasteiger partial charge on any atom is -0.278 e. The number of nitrogens with zero attached hydrogens (tertiary/aromatic N) is 4. The van der Waals surface area contributed by atoms with Gasteiger partial charge in [-0.2, -0.15) is 9.97 Å². The fraction of sp³-hybridized carbons (Fsp3) is 0.0625. The molecule has 2 aromatic heterocycles. The summed E-state index contributed by atoms with van der Waals surface area (Å²) >= 11 is 0. The van der Waals surface area contributed by atoms with E-state index in [0.717, 1.165) is 26.8 Å². The van der Waals surface area contributed by atoms with E-state index >= 15 is 0 Å². The lowest BCUT2D eigenvalue weighted by Crippen LogP contribution is -2.15. The SMILES string of the molecule is [2H]c1c([2H])c([2H])c2c(c1[2H])-c1c(c([2H])c3c(c1[2H])c1c([2H])c([2H])c([2H])c([2H])c1n3-c1nc(-c3ccccc3)nc(-c3ccc(-c4ccc(-c5ccccc5)cc4)cc3)n1)C2(C([2H])([2H])[2H])C([2H])([2H])[2H]. The normalized spacial score (nSPS) is 17.8. The van der Waals surface area contributed by atoms with Crippen LogP contribution in [-0.2, 0) is 5.41 Å². The van der Waals surface area contributed by atoms with Crippen LogP contribution < -0.4 is 0 Å². The van der Waals surface area contributed by atoms with Crippen molar-refractivity contribution in [2.24, 2.45) is 0 Å². The second-order valence-corrected chi connectivity index (χ2v) is 12.5. The molecule has 0 aliphatic heterocycles. The Bertz CT molecular complexity index is 3560. The van der Waals surface area contributed by atoms with Crippen molar-refractivity contribution in [1.82, 2.24) is 19.5 Å². The zero-order chi connectivity index (χ0) is 48.5. The molecule has 1 aliphatic carbocycles. The number of benzene rings is 7. The van der Waals surface area contributed by atoms with Crippen LogP contribution in [0.15, 0.2) is 170 Å². The van der Waals surface area contributed by atoms with Gasteiger partial charge in [0.2, 0.25) is 5.95 Å². The molecule has 0 fully saturated rings. The Kier molecular flexibility index (Phi) is 4.06. The van der Waals surface area contributed by atoms with E-state index in [4.69, 9.17) is 31.4 Å². The van der Waals surface area contributed by atoms with E-state index in [-0.39, 0.29) is 33.9 Å². The Morgan fingerprint density at radius 3 is 1.67 bits per heavy atom. The highest BCUT2D eigenvalue weighted by molar-refractivity contribution is 6.11. The minimum absolute atomic E-state index is 0.0739. The third-order valence-electron chi connectivity index (χ3n) is 9.36. The number of hydrogen-bond donors (Lipinski definition) is 0. The maximum Gasteiger partial charge on any atom is 0.238 e. The highest BCUT2D eigenvalue weighted by Crippen LogP contribution is 2.50. The summed E-state index contributed by atoms with van der Waals surface area (Å²) in [5.41, 5.74) is -2.06. The van der Waals surface area contributed by atoms with Crippen molar-refractivity contribution in [2.45, 2.75) is 19.1 Å². The fourth-order valence-corrected chi connectivity index (χ4v) is 6.79. The molecule has 52 heavy (non-hydrogen) atoms. The summed E-state index contributed by atoms with van der Waals surface area (Å²) < 4.78 is 145. The highest BCUT2D eigenvalue weighted by atomic mass is 15.2. The second-order valence-electron chi connectivity index (χ2n) is 12.5. The van der Waals surface area contributed by atoms with Gasteiger partial charge in [0.1, 0.15) is 0 Å². The van der Waals surface area contributed by atoms with Gasteiger partial charge in [-0.1, -0.05) is 165 Å². The molecule has 0 saturated carbocycles. The van der Waals surface area contributed by atoms with Gasteiger partial charge in [0, 0.05) is 35.5 Å². The van der Waals surface area contributed by atoms with Crippen molar-refractivity contribution in [1.29, 1.82) is 0 Å². The van der Waals surface area contributed by atoms with Gasteiger partial charge in [-0.05, 0) is 62.6 Å². The van der Waals surface area contributed by atoms with Crippen LogP contribution in [0.2, 0.25) is 0 Å². The van der Waals surface area contributed by atoms with Crippen LogP contribution in [-0.4, -0.2) is 19.5 Å². The first kappa shape index (κ1) is 18.0. The lowest BCUT2D eigenvalue weighted by Gasteiger charge is -2.21. The molecule has 0 spiro atoms. The molecule has 4 heteroatoms. The molecule has 2 heterocycles. The van der Waals surface area contributed by atoms with Crippen LogP contribution in [0.5, 0.6) is 0 Å². The maximum absolute atomic E-state index is 10.0. The van der Waals surface area contributed by atoms with Crippen molar-refractivity contribution in [2.75, 3.05) is 0 Å². The molecule has 9 aromatic rings. The van der Waals surface area contributed by atoms with Crippen LogP contribution in [0, 0.1) is 0 Å². The Hall–Kier alpha value is -6.65. The topological polar surface area (TPSA) is 43.6 Å². The predicted octanol–water partition coefficient (Wildman–Crippen LogP) is 11.9. The summed E-state index contributed by atoms with van der Waals surface area (Å²) in [6, 6.07) is 26.1. The number of rotatable bonds is 5. The van der Waals surface area contributed by atoms with Gasteiger partial charge >= 0.3 is 0 Å². The largest absolute Gasteiger partial charge is 0.278 e. The fourth-order valence-electron chi connectivity index (χ4n) is 6.79. The van der Waals surface area contributed by atoms with Crippen molar-refractivity contribution < 1.29 is 21.9 Å². The van der Waals surface area contributed by atoms with Crippen LogP contribution in [0.25, 0.3) is 83.9 Å². The van der Waals surface area contributed by atoms with E-state index < -0.39 is 107 Å². The molecule has 0 saturated heterocycles. The monoisotopic (exact) mass is 682 g/mol. The van der Waals surface area contributed by atoms with E-state index in [1.54, 1.807) is 42.5 Å². The van der Waals surface area contributed by atoms with E-state index in [1.165, 1.54) is 0 Å². The third kappa shape index (κ3) is 4.79. The smallest absolute Gasteiger partial charge is 0.238 e. The summed E-state index contributed by atoms with van der Waals surface area (Å²) in [6.07, 6.45) is 0. The van der Waals surface area contributed by atoms with Gasteiger partial charge in [-0.25, -0.2) is 4.98 Å². The molecule has 0 radical (unpaired) electrons. The number of para-hydroxylation sites is 1. The molecule has 0 amide bonds. The van der Waals surface area contributed by atoms with Gasteiger partial charge < -0.3 is 0 Å². The molecule has 246 valence electrons. The van der Waals surface area contributed by atoms with E-state index in [1.807, 2.05) is 66.7 Å². The van der Waals surface area contributed by atoms with Gasteiger partial charge in [-0.15, -0.1) is 0 Å². The Balaban J connectivity index is 1.30. The van der Waals surface area contributed by atoms with Crippen molar-refractivity contribution >= 4 is 21.8 Å². The molecule has 0 atom stereocenters. The lowest BCUT2D eigenvalue weighted by atomic mass is 9.82. The van der Waals surface area contributed by atoms with Gasteiger partial charge in [0.05, 0.1) is 24.7 Å². The molecule has 4 nitrogen and oxygen atoms in total. The molecule has 0 bridgehead atoms. The minimum atomic E-state index is -3.65. The van der Waals surface area contributed by atoms with E-state index in [0.29, 0.717) is 11.1 Å². The Labute approximate surface area is 325 Å². The number of aromatic nitrogens is 4. The third-order valence-corrected chi connectivity index (χ3v) is 9.36. The van der Waals surface area contributed by atoms with Crippen LogP contribution >= 0.6 is 0 Å². The lowest BCUT2D eigenvalue weighted by molar-refractivity contribution is 0.661. The molecular weight excluding hydrogens is 633 g/mol. The highest BCUT2D eigenvalue weighted by Gasteiger charge is 2.36. The average molecular weight is 683 g/mol. The zero-order valence-corrected chi connectivity index (χ0v) is 27.2. The van der Waals surface area contributed by atoms with Crippen LogP contribution in [0.1, 0.15) is 46.8 Å². The standard InChI is InChI=1S/C48H34N4/c1-48(2)41-19-11-9-17-37(41)39-29-40-38-18-10-12-20-43(38)52(44(40)30-42(39)48)47-50-45(35-15-7-4-8-16-35)49-46(51-47)36-27-25-34(26-28-36)33-23-21-32(22-24-33)31-13-5-3-6-14-31/h3-30H,1-2H3/i1D3,2D3,9D,10D,11D,12D,17D,18D,19D,20D,29D,30D. The van der Waals surface area contributed by atoms with Crippen LogP contribution in [0.3, 0.4) is 0 Å². The summed E-state index contributed by atoms with van der Waals surface area (Å²) in [6.45, 7) is -7.30. The van der Waals surface area contributed by atoms with Gasteiger partial charge in [-0.3, -0.25) is 4.57 Å². The van der Waals surface area contributed by atoms with E-state index in [2.05, 4.69) is 0 Å². The van der Waals surface area contributed by atoms with Crippen LogP contribution in [0.4, 0.5) is 0 Å². The van der Waals surface area contributed by atoms with Crippen molar-refractivity contribution in [3.63, 3.8) is 0 Å². The first-order chi connectivity index (χ1) is 32.2. The molecule has 10 rings (SSSR count). The van der Waals surface area contributed by atoms with Gasteiger partial charge in [0.15, 0.2) is 11.6 Å². The first-order valence-electron chi connectivity index (χ1n) is 24.5. The van der Waals surface area contributed by atoms with Crippen molar-refractivity contribution in [3.05, 3.63) is 181 Å². The number of hydrogen-bond acceptors (Lipinski definition) is 3. The summed E-state index contributed by atoms with van der Waals surface area (Å²) in [7, 11) is 0. The molecule has 1 aliphatic rings. The molecular formula is C48H34N4. The molecule has 0 N–H and O–H groups in total. The summed E-state index contributed by atoms with van der Waals surface area (Å²) in [5.74, 6) is -0.179. The zero-order valence-electron chi connectivity index (χ0n) is 43.2. The van der Waals surface area contributed by atoms with Gasteiger partial charge in [0.25, 0.3) is 0 Å². The Morgan fingerprint density at radius 1 is 0.481 bits per heavy atom. The molecule has 7 aromatic carbocycles. The molecule has 0 unspecified atom stereocenters. The first-order valence-corrected chi connectivity index (χ1v) is 16.5. The maximum atomic E-state index is 10.0. The number of fused-ring (bicyclic) bond motifs is 6. The van der Waals surface area contributed by atoms with E-state index in [9.17, 15) is 5.48 Å². The second kappa shape index (κ2) is 11.7. The summed E-state index contributed by atoms with van der Waals surface area (Å²) in [5, 5.41) is -0.673. The quantitative estimate of drug-likeness (QED) is 0.181. The van der Waals surface area contributed by atoms with Crippen molar-refractivity contribution in [3.8, 4) is 62.1 Å². The summed E-state index contributed by atoms with van der Waals surface area (Å²) in [4.78, 5) is 14.5. The predicted molar refractivity (Wildman–Crippen MR) is 213 cm³/mol. The Morgan fingerprint density at radius 2 is 1.02 bits per heavy atom. The average Bonchev–Trinajstić information content (AvgIpc) is 3.88.